The molecule has 0 aromatic carbocycles. The van der Waals surface area contributed by atoms with Crippen molar-refractivity contribution in [3.8, 4) is 0 Å². The molecule has 1 amide bonds. The van der Waals surface area contributed by atoms with E-state index in [4.69, 9.17) is 9.97 Å². The van der Waals surface area contributed by atoms with Crippen molar-refractivity contribution < 1.29 is 4.79 Å². The average Bonchev–Trinajstić information content (AvgIpc) is 3.05. The van der Waals surface area contributed by atoms with Gasteiger partial charge in [-0.05, 0) is 37.7 Å². The first-order valence-electron chi connectivity index (χ1n) is 9.91. The van der Waals surface area contributed by atoms with E-state index in [0.29, 0.717) is 5.92 Å². The van der Waals surface area contributed by atoms with Crippen LogP contribution in [0.15, 0.2) is 0 Å². The number of fused-ring (bicyclic) bond motifs is 3. The second kappa shape index (κ2) is 7.14. The zero-order valence-corrected chi connectivity index (χ0v) is 16.9. The third-order valence-electron chi connectivity index (χ3n) is 5.89. The number of rotatable bonds is 3. The Hall–Kier alpha value is -1.69. The van der Waals surface area contributed by atoms with Gasteiger partial charge in [0.2, 0.25) is 5.91 Å². The number of thiophene rings is 1. The van der Waals surface area contributed by atoms with Gasteiger partial charge < -0.3 is 9.80 Å². The number of aryl methyl sites for hydroxylation is 2. The molecule has 4 rings (SSSR count). The van der Waals surface area contributed by atoms with Crippen LogP contribution in [-0.2, 0) is 17.6 Å². The molecule has 3 heterocycles. The maximum atomic E-state index is 11.7. The van der Waals surface area contributed by atoms with Crippen LogP contribution in [0.2, 0.25) is 0 Å². The smallest absolute Gasteiger partial charge is 0.219 e. The Kier molecular flexibility index (Phi) is 4.86. The van der Waals surface area contributed by atoms with Crippen molar-refractivity contribution in [3.63, 3.8) is 0 Å². The van der Waals surface area contributed by atoms with Crippen molar-refractivity contribution in [1.82, 2.24) is 14.9 Å². The van der Waals surface area contributed by atoms with Gasteiger partial charge in [0, 0.05) is 43.9 Å². The standard InChI is InChI=1S/C20H28N4OS/c1-4-13(2)18-21-19(24-11-9-23(10-12-24)14(3)25)17-15-7-5-6-8-16(15)26-20(17)22-18/h13H,4-12H2,1-3H3/t13-/m1/s1. The van der Waals surface area contributed by atoms with E-state index < -0.39 is 0 Å². The molecule has 1 saturated heterocycles. The Balaban J connectivity index is 1.78. The number of piperazine rings is 1. The number of anilines is 1. The van der Waals surface area contributed by atoms with Crippen LogP contribution in [0.25, 0.3) is 10.2 Å². The van der Waals surface area contributed by atoms with Crippen molar-refractivity contribution in [2.75, 3.05) is 31.1 Å². The molecule has 2 aliphatic rings. The summed E-state index contributed by atoms with van der Waals surface area (Å²) in [5.74, 6) is 2.64. The van der Waals surface area contributed by atoms with E-state index in [1.807, 2.05) is 16.2 Å². The van der Waals surface area contributed by atoms with Gasteiger partial charge in [-0.1, -0.05) is 13.8 Å². The molecule has 2 aromatic rings. The number of carbonyl (C=O) groups is 1. The van der Waals surface area contributed by atoms with Crippen LogP contribution in [0.1, 0.15) is 62.2 Å². The van der Waals surface area contributed by atoms with Gasteiger partial charge in [0.25, 0.3) is 0 Å². The first-order chi connectivity index (χ1) is 12.6. The average molecular weight is 373 g/mol. The molecule has 0 unspecified atom stereocenters. The fourth-order valence-electron chi connectivity index (χ4n) is 4.02. The van der Waals surface area contributed by atoms with Gasteiger partial charge in [-0.2, -0.15) is 0 Å². The maximum absolute atomic E-state index is 11.7. The number of aromatic nitrogens is 2. The highest BCUT2D eigenvalue weighted by Crippen LogP contribution is 2.40. The Morgan fingerprint density at radius 1 is 1.15 bits per heavy atom. The van der Waals surface area contributed by atoms with Crippen LogP contribution in [0.5, 0.6) is 0 Å². The van der Waals surface area contributed by atoms with E-state index in [9.17, 15) is 4.79 Å². The Bertz CT molecular complexity index is 823. The van der Waals surface area contributed by atoms with Crippen molar-refractivity contribution in [2.24, 2.45) is 0 Å². The largest absolute Gasteiger partial charge is 0.352 e. The molecule has 0 N–H and O–H groups in total. The highest BCUT2D eigenvalue weighted by atomic mass is 32.1. The summed E-state index contributed by atoms with van der Waals surface area (Å²) >= 11 is 1.88. The number of nitrogens with zero attached hydrogens (tertiary/aromatic N) is 4. The molecule has 6 heteroatoms. The Morgan fingerprint density at radius 2 is 1.88 bits per heavy atom. The van der Waals surface area contributed by atoms with Gasteiger partial charge >= 0.3 is 0 Å². The Labute approximate surface area is 159 Å². The van der Waals surface area contributed by atoms with Gasteiger partial charge in [-0.3, -0.25) is 4.79 Å². The SMILES string of the molecule is CC[C@@H](C)c1nc(N2CCN(C(C)=O)CC2)c2c3c(sc2n1)CCCC3. The van der Waals surface area contributed by atoms with Gasteiger partial charge in [0.15, 0.2) is 0 Å². The summed E-state index contributed by atoms with van der Waals surface area (Å²) in [7, 11) is 0. The minimum absolute atomic E-state index is 0.172. The molecular weight excluding hydrogens is 344 g/mol. The third kappa shape index (κ3) is 3.08. The first kappa shape index (κ1) is 17.7. The van der Waals surface area contributed by atoms with Gasteiger partial charge in [0.1, 0.15) is 16.5 Å². The molecule has 1 fully saturated rings. The highest BCUT2D eigenvalue weighted by molar-refractivity contribution is 7.19. The van der Waals surface area contributed by atoms with Gasteiger partial charge in [-0.25, -0.2) is 9.97 Å². The van der Waals surface area contributed by atoms with Crippen molar-refractivity contribution in [3.05, 3.63) is 16.3 Å². The summed E-state index contributed by atoms with van der Waals surface area (Å²) in [5, 5.41) is 1.30. The lowest BCUT2D eigenvalue weighted by atomic mass is 9.96. The molecule has 5 nitrogen and oxygen atoms in total. The highest BCUT2D eigenvalue weighted by Gasteiger charge is 2.27. The summed E-state index contributed by atoms with van der Waals surface area (Å²) in [6.07, 6.45) is 5.95. The Morgan fingerprint density at radius 3 is 2.58 bits per heavy atom. The number of hydrogen-bond acceptors (Lipinski definition) is 5. The van der Waals surface area contributed by atoms with Crippen LogP contribution in [-0.4, -0.2) is 47.0 Å². The number of amides is 1. The van der Waals surface area contributed by atoms with E-state index in [1.165, 1.54) is 39.9 Å². The minimum Gasteiger partial charge on any atom is -0.352 e. The van der Waals surface area contributed by atoms with Gasteiger partial charge in [0.05, 0.1) is 5.39 Å². The summed E-state index contributed by atoms with van der Waals surface area (Å²) in [4.78, 5) is 28.7. The molecular formula is C20H28N4OS. The van der Waals surface area contributed by atoms with Crippen LogP contribution < -0.4 is 4.90 Å². The lowest BCUT2D eigenvalue weighted by Crippen LogP contribution is -2.48. The molecule has 26 heavy (non-hydrogen) atoms. The molecule has 1 aliphatic heterocycles. The first-order valence-corrected chi connectivity index (χ1v) is 10.7. The van der Waals surface area contributed by atoms with E-state index in [0.717, 1.165) is 50.7 Å². The summed E-state index contributed by atoms with van der Waals surface area (Å²) < 4.78 is 0. The third-order valence-corrected chi connectivity index (χ3v) is 7.08. The molecule has 0 spiro atoms. The number of carbonyl (C=O) groups excluding carboxylic acids is 1. The lowest BCUT2D eigenvalue weighted by Gasteiger charge is -2.35. The van der Waals surface area contributed by atoms with Crippen LogP contribution in [0, 0.1) is 0 Å². The quantitative estimate of drug-likeness (QED) is 0.823. The minimum atomic E-state index is 0.172. The summed E-state index contributed by atoms with van der Waals surface area (Å²) in [6.45, 7) is 9.36. The van der Waals surface area contributed by atoms with Crippen LogP contribution >= 0.6 is 11.3 Å². The van der Waals surface area contributed by atoms with Crippen molar-refractivity contribution in [2.45, 2.75) is 58.8 Å². The molecule has 1 aliphatic carbocycles. The molecule has 0 bridgehead atoms. The lowest BCUT2D eigenvalue weighted by molar-refractivity contribution is -0.129. The maximum Gasteiger partial charge on any atom is 0.219 e. The van der Waals surface area contributed by atoms with Gasteiger partial charge in [-0.15, -0.1) is 11.3 Å². The molecule has 0 saturated carbocycles. The second-order valence-electron chi connectivity index (χ2n) is 7.60. The predicted octanol–water partition coefficient (Wildman–Crippen LogP) is 3.75. The normalized spacial score (nSPS) is 18.9. The predicted molar refractivity (Wildman–Crippen MR) is 107 cm³/mol. The van der Waals surface area contributed by atoms with E-state index in [-0.39, 0.29) is 5.91 Å². The fraction of sp³-hybridized carbons (Fsp3) is 0.650. The second-order valence-corrected chi connectivity index (χ2v) is 8.68. The summed E-state index contributed by atoms with van der Waals surface area (Å²) in [5.41, 5.74) is 1.50. The van der Waals surface area contributed by atoms with Crippen LogP contribution in [0.3, 0.4) is 0 Å². The fourth-order valence-corrected chi connectivity index (χ4v) is 5.28. The molecule has 0 radical (unpaired) electrons. The van der Waals surface area contributed by atoms with E-state index in [1.54, 1.807) is 6.92 Å². The molecule has 1 atom stereocenters. The molecule has 2 aromatic heterocycles. The zero-order valence-electron chi connectivity index (χ0n) is 16.0. The van der Waals surface area contributed by atoms with Crippen LogP contribution in [0.4, 0.5) is 5.82 Å². The van der Waals surface area contributed by atoms with E-state index >= 15 is 0 Å². The van der Waals surface area contributed by atoms with E-state index in [2.05, 4.69) is 18.7 Å². The topological polar surface area (TPSA) is 49.3 Å². The van der Waals surface area contributed by atoms with Crippen molar-refractivity contribution in [1.29, 1.82) is 0 Å². The molecule has 140 valence electrons. The summed E-state index contributed by atoms with van der Waals surface area (Å²) in [6, 6.07) is 0. The van der Waals surface area contributed by atoms with Crippen molar-refractivity contribution >= 4 is 33.3 Å². The number of hydrogen-bond donors (Lipinski definition) is 0. The monoisotopic (exact) mass is 372 g/mol. The zero-order chi connectivity index (χ0) is 18.3.